The number of rotatable bonds is 8. The molecule has 0 unspecified atom stereocenters. The molecule has 5 rings (SSSR count). The lowest BCUT2D eigenvalue weighted by Gasteiger charge is -2.26. The molecular weight excluding hydrogens is 414 g/mol. The minimum absolute atomic E-state index is 0.153. The lowest BCUT2D eigenvalue weighted by atomic mass is 9.86. The van der Waals surface area contributed by atoms with Crippen LogP contribution in [0, 0.1) is 5.92 Å². The molecule has 172 valence electrons. The van der Waals surface area contributed by atoms with Crippen LogP contribution in [-0.2, 0) is 6.61 Å². The molecule has 0 atom stereocenters. The number of ether oxygens (including phenoxy) is 2. The molecule has 2 fully saturated rings. The van der Waals surface area contributed by atoms with E-state index in [0.29, 0.717) is 47.9 Å². The Bertz CT molecular complexity index is 1090. The number of aromatic nitrogens is 1. The third kappa shape index (κ3) is 5.06. The topological polar surface area (TPSA) is 89.6 Å². The normalized spacial score (nSPS) is 16.5. The third-order valence-corrected chi connectivity index (χ3v) is 6.53. The summed E-state index contributed by atoms with van der Waals surface area (Å²) in [5, 5.41) is 14.2. The van der Waals surface area contributed by atoms with Crippen molar-refractivity contribution >= 4 is 5.82 Å². The van der Waals surface area contributed by atoms with Crippen LogP contribution in [0.2, 0.25) is 0 Å². The Balaban J connectivity index is 1.52. The molecule has 6 heteroatoms. The van der Waals surface area contributed by atoms with Crippen LogP contribution in [0.1, 0.15) is 42.7 Å². The summed E-state index contributed by atoms with van der Waals surface area (Å²) in [4.78, 5) is 4.72. The Hall–Kier alpha value is -3.25. The Morgan fingerprint density at radius 1 is 0.970 bits per heavy atom. The van der Waals surface area contributed by atoms with Gasteiger partial charge in [-0.25, -0.2) is 4.98 Å². The second-order valence-corrected chi connectivity index (χ2v) is 8.99. The van der Waals surface area contributed by atoms with E-state index in [1.165, 1.54) is 12.8 Å². The van der Waals surface area contributed by atoms with Crippen LogP contribution in [0.3, 0.4) is 0 Å². The summed E-state index contributed by atoms with van der Waals surface area (Å²) in [6.45, 7) is 2.95. The van der Waals surface area contributed by atoms with Crippen LogP contribution < -0.4 is 20.5 Å². The van der Waals surface area contributed by atoms with Crippen molar-refractivity contribution in [1.82, 2.24) is 10.3 Å². The zero-order valence-corrected chi connectivity index (χ0v) is 18.8. The minimum Gasteiger partial charge on any atom is -0.507 e. The van der Waals surface area contributed by atoms with E-state index in [0.717, 1.165) is 42.8 Å². The molecule has 33 heavy (non-hydrogen) atoms. The molecule has 4 N–H and O–H groups in total. The van der Waals surface area contributed by atoms with Gasteiger partial charge in [0.15, 0.2) is 0 Å². The monoisotopic (exact) mass is 445 g/mol. The first-order valence-corrected chi connectivity index (χ1v) is 11.8. The maximum atomic E-state index is 10.7. The quantitative estimate of drug-likeness (QED) is 0.458. The minimum atomic E-state index is 0.153. The van der Waals surface area contributed by atoms with Crippen molar-refractivity contribution in [3.63, 3.8) is 0 Å². The molecule has 1 saturated carbocycles. The van der Waals surface area contributed by atoms with Gasteiger partial charge in [-0.1, -0.05) is 24.3 Å². The number of nitrogens with two attached hydrogens (primary N) is 1. The Morgan fingerprint density at radius 3 is 2.52 bits per heavy atom. The van der Waals surface area contributed by atoms with E-state index in [1.807, 2.05) is 36.4 Å². The molecule has 2 aliphatic rings. The van der Waals surface area contributed by atoms with Crippen molar-refractivity contribution in [2.75, 3.05) is 25.4 Å². The molecule has 6 nitrogen and oxygen atoms in total. The van der Waals surface area contributed by atoms with E-state index in [9.17, 15) is 5.11 Å². The molecule has 2 aromatic carbocycles. The number of hydrogen-bond acceptors (Lipinski definition) is 6. The van der Waals surface area contributed by atoms with Crippen molar-refractivity contribution in [3.05, 3.63) is 65.7 Å². The van der Waals surface area contributed by atoms with Gasteiger partial charge in [-0.15, -0.1) is 0 Å². The van der Waals surface area contributed by atoms with Gasteiger partial charge in [0, 0.05) is 5.56 Å². The van der Waals surface area contributed by atoms with E-state index in [-0.39, 0.29) is 5.75 Å². The van der Waals surface area contributed by atoms with Gasteiger partial charge in [0.1, 0.15) is 29.7 Å². The number of phenols is 1. The molecular formula is C27H31N3O3. The number of nitrogen functional groups attached to an aromatic ring is 1. The predicted octanol–water partition coefficient (Wildman–Crippen LogP) is 4.87. The highest BCUT2D eigenvalue weighted by Gasteiger charge is 2.26. The van der Waals surface area contributed by atoms with Gasteiger partial charge in [-0.2, -0.15) is 0 Å². The first-order valence-electron chi connectivity index (χ1n) is 11.8. The molecule has 0 spiro atoms. The molecule has 1 saturated heterocycles. The van der Waals surface area contributed by atoms with Gasteiger partial charge < -0.3 is 25.6 Å². The van der Waals surface area contributed by atoms with Crippen LogP contribution in [0.5, 0.6) is 17.2 Å². The second-order valence-electron chi connectivity index (χ2n) is 8.99. The van der Waals surface area contributed by atoms with Crippen molar-refractivity contribution in [2.24, 2.45) is 5.92 Å². The van der Waals surface area contributed by atoms with E-state index < -0.39 is 0 Å². The first-order chi connectivity index (χ1) is 16.2. The molecule has 2 heterocycles. The maximum Gasteiger partial charge on any atom is 0.132 e. The zero-order valence-electron chi connectivity index (χ0n) is 18.8. The van der Waals surface area contributed by atoms with E-state index in [2.05, 4.69) is 11.4 Å². The summed E-state index contributed by atoms with van der Waals surface area (Å²) < 4.78 is 12.1. The van der Waals surface area contributed by atoms with Crippen LogP contribution >= 0.6 is 0 Å². The molecule has 0 radical (unpaired) electrons. The third-order valence-electron chi connectivity index (χ3n) is 6.53. The van der Waals surface area contributed by atoms with E-state index in [1.54, 1.807) is 12.1 Å². The van der Waals surface area contributed by atoms with Gasteiger partial charge in [0.05, 0.1) is 17.9 Å². The number of anilines is 1. The molecule has 0 bridgehead atoms. The summed E-state index contributed by atoms with van der Waals surface area (Å²) in [5.41, 5.74) is 9.85. The Kier molecular flexibility index (Phi) is 6.35. The van der Waals surface area contributed by atoms with E-state index >= 15 is 0 Å². The molecule has 0 amide bonds. The fourth-order valence-corrected chi connectivity index (χ4v) is 4.46. The number of nitrogens with zero attached hydrogens (tertiary/aromatic N) is 1. The molecule has 1 aliphatic carbocycles. The van der Waals surface area contributed by atoms with Crippen LogP contribution in [0.4, 0.5) is 5.82 Å². The summed E-state index contributed by atoms with van der Waals surface area (Å²) in [6, 6.07) is 17.2. The molecule has 3 aromatic rings. The Labute approximate surface area is 194 Å². The predicted molar refractivity (Wildman–Crippen MR) is 130 cm³/mol. The van der Waals surface area contributed by atoms with Gasteiger partial charge in [-0.05, 0) is 86.5 Å². The number of benzene rings is 2. The lowest BCUT2D eigenvalue weighted by molar-refractivity contribution is 0.299. The standard InChI is InChI=1S/C27H31N3O3/c28-27-22(17-32-20-5-2-1-3-6-20)21(19-11-13-29-14-12-19)15-23(30-27)26-24(31)7-4-8-25(26)33-16-18-9-10-18/h1-8,15,18-19,29,31H,9-14,16-17H2,(H2,28,30). The smallest absolute Gasteiger partial charge is 0.132 e. The van der Waals surface area contributed by atoms with Crippen LogP contribution in [0.15, 0.2) is 54.6 Å². The first kappa shape index (κ1) is 21.6. The van der Waals surface area contributed by atoms with Gasteiger partial charge in [0.25, 0.3) is 0 Å². The highest BCUT2D eigenvalue weighted by Crippen LogP contribution is 2.41. The highest BCUT2D eigenvalue weighted by molar-refractivity contribution is 5.76. The summed E-state index contributed by atoms with van der Waals surface area (Å²) in [7, 11) is 0. The van der Waals surface area contributed by atoms with Gasteiger partial charge >= 0.3 is 0 Å². The lowest BCUT2D eigenvalue weighted by Crippen LogP contribution is -2.27. The average Bonchev–Trinajstić information content (AvgIpc) is 3.67. The number of para-hydroxylation sites is 1. The summed E-state index contributed by atoms with van der Waals surface area (Å²) in [5.74, 6) is 3.01. The number of pyridine rings is 1. The second kappa shape index (κ2) is 9.71. The van der Waals surface area contributed by atoms with Crippen molar-refractivity contribution in [3.8, 4) is 28.5 Å². The van der Waals surface area contributed by atoms with Gasteiger partial charge in [0.2, 0.25) is 0 Å². The van der Waals surface area contributed by atoms with Crippen molar-refractivity contribution in [2.45, 2.75) is 38.2 Å². The fraction of sp³-hybridized carbons (Fsp3) is 0.370. The van der Waals surface area contributed by atoms with Crippen molar-refractivity contribution < 1.29 is 14.6 Å². The van der Waals surface area contributed by atoms with Crippen molar-refractivity contribution in [1.29, 1.82) is 0 Å². The number of aromatic hydroxyl groups is 1. The van der Waals surface area contributed by atoms with Gasteiger partial charge in [-0.3, -0.25) is 0 Å². The van der Waals surface area contributed by atoms with E-state index in [4.69, 9.17) is 20.2 Å². The number of hydrogen-bond donors (Lipinski definition) is 3. The summed E-state index contributed by atoms with van der Waals surface area (Å²) >= 11 is 0. The molecule has 1 aromatic heterocycles. The summed E-state index contributed by atoms with van der Waals surface area (Å²) in [6.07, 6.45) is 4.45. The van der Waals surface area contributed by atoms with Crippen LogP contribution in [-0.4, -0.2) is 29.8 Å². The highest BCUT2D eigenvalue weighted by atomic mass is 16.5. The number of phenolic OH excluding ortho intramolecular Hbond substituents is 1. The van der Waals surface area contributed by atoms with Crippen LogP contribution in [0.25, 0.3) is 11.3 Å². The zero-order chi connectivity index (χ0) is 22.6. The Morgan fingerprint density at radius 2 is 1.76 bits per heavy atom. The fourth-order valence-electron chi connectivity index (χ4n) is 4.46. The average molecular weight is 446 g/mol. The SMILES string of the molecule is Nc1nc(-c2c(O)cccc2OCC2CC2)cc(C2CCNCC2)c1COc1ccccc1. The largest absolute Gasteiger partial charge is 0.507 e. The maximum absolute atomic E-state index is 10.7. The molecule has 1 aliphatic heterocycles. The number of piperidine rings is 1. The number of nitrogens with one attached hydrogen (secondary N) is 1.